The van der Waals surface area contributed by atoms with Crippen molar-refractivity contribution in [1.82, 2.24) is 14.9 Å². The third-order valence-corrected chi connectivity index (χ3v) is 2.49. The molecule has 0 aliphatic rings. The topological polar surface area (TPSA) is 72.9 Å². The highest BCUT2D eigenvalue weighted by molar-refractivity contribution is 7.80. The van der Waals surface area contributed by atoms with Crippen molar-refractivity contribution in [3.05, 3.63) is 18.2 Å². The molecule has 0 radical (unpaired) electrons. The predicted molar refractivity (Wildman–Crippen MR) is 61.5 cm³/mol. The monoisotopic (exact) mass is 226 g/mol. The Morgan fingerprint density at radius 1 is 1.67 bits per heavy atom. The number of amides is 1. The summed E-state index contributed by atoms with van der Waals surface area (Å²) in [7, 11) is 1.79. The van der Waals surface area contributed by atoms with Gasteiger partial charge in [0.2, 0.25) is 0 Å². The van der Waals surface area contributed by atoms with Crippen molar-refractivity contribution < 1.29 is 4.79 Å². The molecule has 1 rings (SSSR count). The van der Waals surface area contributed by atoms with E-state index in [0.29, 0.717) is 5.69 Å². The van der Waals surface area contributed by atoms with E-state index in [0.717, 1.165) is 0 Å². The maximum absolute atomic E-state index is 11.7. The molecule has 0 saturated carbocycles. The van der Waals surface area contributed by atoms with Crippen molar-refractivity contribution in [1.29, 1.82) is 0 Å². The smallest absolute Gasteiger partial charge is 0.272 e. The summed E-state index contributed by atoms with van der Waals surface area (Å²) in [4.78, 5) is 15.8. The zero-order chi connectivity index (χ0) is 11.6. The van der Waals surface area contributed by atoms with Gasteiger partial charge in [-0.2, -0.15) is 0 Å². The Bertz CT molecular complexity index is 397. The second-order valence-corrected chi connectivity index (χ2v) is 4.31. The second kappa shape index (κ2) is 3.98. The zero-order valence-corrected chi connectivity index (χ0v) is 9.76. The van der Waals surface area contributed by atoms with Gasteiger partial charge in [-0.25, -0.2) is 4.98 Å². The molecule has 3 N–H and O–H groups in total. The van der Waals surface area contributed by atoms with Crippen LogP contribution in [0.25, 0.3) is 0 Å². The molecule has 6 heteroatoms. The molecule has 0 aliphatic heterocycles. The molecule has 1 amide bonds. The highest BCUT2D eigenvalue weighted by Crippen LogP contribution is 2.04. The largest absolute Gasteiger partial charge is 0.391 e. The maximum Gasteiger partial charge on any atom is 0.272 e. The van der Waals surface area contributed by atoms with Crippen LogP contribution in [0.2, 0.25) is 0 Å². The van der Waals surface area contributed by atoms with Crippen molar-refractivity contribution in [2.24, 2.45) is 12.8 Å². The minimum absolute atomic E-state index is 0.242. The number of nitrogens with one attached hydrogen (secondary N) is 1. The normalized spacial score (nSPS) is 11.1. The molecule has 0 spiro atoms. The van der Waals surface area contributed by atoms with E-state index in [1.54, 1.807) is 38.0 Å². The molecule has 5 nitrogen and oxygen atoms in total. The summed E-state index contributed by atoms with van der Waals surface area (Å²) < 4.78 is 1.70. The molecule has 82 valence electrons. The minimum Gasteiger partial charge on any atom is -0.391 e. The molecule has 15 heavy (non-hydrogen) atoms. The molecular formula is C9H14N4OS. The lowest BCUT2D eigenvalue weighted by Gasteiger charge is -2.24. The Kier molecular flexibility index (Phi) is 3.09. The molecule has 0 fully saturated rings. The van der Waals surface area contributed by atoms with Crippen LogP contribution in [-0.2, 0) is 7.05 Å². The van der Waals surface area contributed by atoms with Gasteiger partial charge in [0.15, 0.2) is 0 Å². The van der Waals surface area contributed by atoms with Gasteiger partial charge in [-0.15, -0.1) is 0 Å². The van der Waals surface area contributed by atoms with Crippen molar-refractivity contribution in [3.63, 3.8) is 0 Å². The van der Waals surface area contributed by atoms with Gasteiger partial charge in [0.1, 0.15) is 5.69 Å². The Balaban J connectivity index is 2.76. The standard InChI is InChI=1S/C9H14N4OS/c1-9(2,8(10)15)12-7(14)6-4-13(3)5-11-6/h4-5H,1-3H3,(H2,10,15)(H,12,14). The zero-order valence-electron chi connectivity index (χ0n) is 8.94. The van der Waals surface area contributed by atoms with Gasteiger partial charge in [-0.1, -0.05) is 12.2 Å². The number of nitrogens with zero attached hydrogens (tertiary/aromatic N) is 2. The quantitative estimate of drug-likeness (QED) is 0.723. The first-order valence-corrected chi connectivity index (χ1v) is 4.84. The van der Waals surface area contributed by atoms with Gasteiger partial charge in [0, 0.05) is 13.2 Å². The van der Waals surface area contributed by atoms with Crippen LogP contribution in [0, 0.1) is 0 Å². The summed E-state index contributed by atoms with van der Waals surface area (Å²) in [5.41, 5.74) is 5.14. The van der Waals surface area contributed by atoms with Gasteiger partial charge in [0.05, 0.1) is 16.9 Å². The maximum atomic E-state index is 11.7. The Morgan fingerprint density at radius 3 is 2.67 bits per heavy atom. The summed E-state index contributed by atoms with van der Waals surface area (Å²) in [6, 6.07) is 0. The third-order valence-electron chi connectivity index (χ3n) is 1.98. The Hall–Kier alpha value is -1.43. The van der Waals surface area contributed by atoms with Gasteiger partial charge >= 0.3 is 0 Å². The van der Waals surface area contributed by atoms with E-state index in [-0.39, 0.29) is 10.9 Å². The second-order valence-electron chi connectivity index (χ2n) is 3.87. The molecule has 1 aromatic rings. The highest BCUT2D eigenvalue weighted by atomic mass is 32.1. The number of nitrogens with two attached hydrogens (primary N) is 1. The van der Waals surface area contributed by atoms with Crippen LogP contribution in [0.4, 0.5) is 0 Å². The molecule has 1 aromatic heterocycles. The number of hydrogen-bond donors (Lipinski definition) is 2. The van der Waals surface area contributed by atoms with E-state index >= 15 is 0 Å². The fraction of sp³-hybridized carbons (Fsp3) is 0.444. The van der Waals surface area contributed by atoms with Crippen molar-refractivity contribution in [3.8, 4) is 0 Å². The number of rotatable bonds is 3. The van der Waals surface area contributed by atoms with E-state index in [1.165, 1.54) is 0 Å². The van der Waals surface area contributed by atoms with Crippen molar-refractivity contribution in [2.45, 2.75) is 19.4 Å². The number of carbonyl (C=O) groups excluding carboxylic acids is 1. The average molecular weight is 226 g/mol. The van der Waals surface area contributed by atoms with Gasteiger partial charge < -0.3 is 15.6 Å². The molecule has 0 saturated heterocycles. The van der Waals surface area contributed by atoms with E-state index < -0.39 is 5.54 Å². The van der Waals surface area contributed by atoms with Crippen LogP contribution in [0.1, 0.15) is 24.3 Å². The molecule has 0 aromatic carbocycles. The summed E-state index contributed by atoms with van der Waals surface area (Å²) in [6.07, 6.45) is 3.19. The van der Waals surface area contributed by atoms with E-state index in [9.17, 15) is 4.79 Å². The Labute approximate surface area is 93.7 Å². The fourth-order valence-electron chi connectivity index (χ4n) is 0.940. The highest BCUT2D eigenvalue weighted by Gasteiger charge is 2.24. The lowest BCUT2D eigenvalue weighted by molar-refractivity contribution is 0.0927. The van der Waals surface area contributed by atoms with Gasteiger partial charge in [-0.3, -0.25) is 4.79 Å². The average Bonchev–Trinajstić information content (AvgIpc) is 2.50. The number of thiocarbonyl (C=S) groups is 1. The Morgan fingerprint density at radius 2 is 2.27 bits per heavy atom. The third kappa shape index (κ3) is 2.76. The summed E-state index contributed by atoms with van der Waals surface area (Å²) in [5, 5.41) is 2.70. The van der Waals surface area contributed by atoms with Gasteiger partial charge in [0.25, 0.3) is 5.91 Å². The van der Waals surface area contributed by atoms with E-state index in [4.69, 9.17) is 18.0 Å². The molecule has 0 bridgehead atoms. The minimum atomic E-state index is -0.704. The van der Waals surface area contributed by atoms with Crippen molar-refractivity contribution in [2.75, 3.05) is 0 Å². The van der Waals surface area contributed by atoms with E-state index in [2.05, 4.69) is 10.3 Å². The SMILES string of the molecule is Cn1cnc(C(=O)NC(C)(C)C(N)=S)c1. The molecule has 0 unspecified atom stereocenters. The summed E-state index contributed by atoms with van der Waals surface area (Å²) >= 11 is 4.84. The number of imidazole rings is 1. The van der Waals surface area contributed by atoms with Crippen LogP contribution >= 0.6 is 12.2 Å². The first-order valence-electron chi connectivity index (χ1n) is 4.43. The van der Waals surface area contributed by atoms with Crippen molar-refractivity contribution >= 4 is 23.1 Å². The molecular weight excluding hydrogens is 212 g/mol. The van der Waals surface area contributed by atoms with Gasteiger partial charge in [-0.05, 0) is 13.8 Å². The lowest BCUT2D eigenvalue weighted by Crippen LogP contribution is -2.52. The molecule has 0 aliphatic carbocycles. The summed E-state index contributed by atoms with van der Waals surface area (Å²) in [6.45, 7) is 3.49. The van der Waals surface area contributed by atoms with E-state index in [1.807, 2.05) is 0 Å². The number of aryl methyl sites for hydroxylation is 1. The first kappa shape index (κ1) is 11.6. The number of hydrogen-bond acceptors (Lipinski definition) is 3. The number of carbonyl (C=O) groups is 1. The van der Waals surface area contributed by atoms with Crippen LogP contribution in [-0.4, -0.2) is 26.0 Å². The number of aromatic nitrogens is 2. The lowest BCUT2D eigenvalue weighted by atomic mass is 10.1. The van der Waals surface area contributed by atoms with Crippen LogP contribution in [0.15, 0.2) is 12.5 Å². The molecule has 0 atom stereocenters. The molecule has 1 heterocycles. The van der Waals surface area contributed by atoms with Crippen LogP contribution in [0.5, 0.6) is 0 Å². The van der Waals surface area contributed by atoms with Crippen LogP contribution < -0.4 is 11.1 Å². The first-order chi connectivity index (χ1) is 6.83. The predicted octanol–water partition coefficient (Wildman–Crippen LogP) is 0.215. The fourth-order valence-corrected chi connectivity index (χ4v) is 0.991. The summed E-state index contributed by atoms with van der Waals surface area (Å²) in [5.74, 6) is -0.284. The van der Waals surface area contributed by atoms with Crippen LogP contribution in [0.3, 0.4) is 0 Å².